The van der Waals surface area contributed by atoms with E-state index in [2.05, 4.69) is 5.32 Å². The van der Waals surface area contributed by atoms with E-state index in [0.717, 1.165) is 18.5 Å². The lowest BCUT2D eigenvalue weighted by atomic mass is 10.1. The first-order valence-corrected chi connectivity index (χ1v) is 5.66. The summed E-state index contributed by atoms with van der Waals surface area (Å²) in [7, 11) is 3.24. The van der Waals surface area contributed by atoms with Crippen LogP contribution in [0.3, 0.4) is 0 Å². The number of hydrogen-bond acceptors (Lipinski definition) is 3. The monoisotopic (exact) mass is 263 g/mol. The van der Waals surface area contributed by atoms with E-state index in [4.69, 9.17) is 32.7 Å². The number of rotatable bonds is 6. The molecule has 0 aliphatic heterocycles. The number of nitrogens with one attached hydrogen (secondary N) is 1. The van der Waals surface area contributed by atoms with Crippen molar-refractivity contribution in [3.63, 3.8) is 0 Å². The number of halogens is 2. The van der Waals surface area contributed by atoms with Crippen LogP contribution < -0.4 is 10.1 Å². The average molecular weight is 264 g/mol. The molecule has 0 amide bonds. The van der Waals surface area contributed by atoms with Gasteiger partial charge in [-0.25, -0.2) is 0 Å². The first-order valence-electron chi connectivity index (χ1n) is 4.90. The molecule has 0 heterocycles. The molecule has 0 bridgehead atoms. The van der Waals surface area contributed by atoms with E-state index in [1.807, 2.05) is 6.07 Å². The van der Waals surface area contributed by atoms with Crippen molar-refractivity contribution in [2.75, 3.05) is 27.5 Å². The Hall–Kier alpha value is -0.480. The molecule has 1 aromatic carbocycles. The summed E-state index contributed by atoms with van der Waals surface area (Å²) in [5.41, 5.74) is 0.989. The molecule has 1 aromatic rings. The summed E-state index contributed by atoms with van der Waals surface area (Å²) < 4.78 is 10.1. The van der Waals surface area contributed by atoms with Crippen molar-refractivity contribution in [1.82, 2.24) is 5.32 Å². The Morgan fingerprint density at radius 1 is 1.25 bits per heavy atom. The average Bonchev–Trinajstić information content (AvgIpc) is 2.24. The summed E-state index contributed by atoms with van der Waals surface area (Å²) in [5, 5.41) is 4.27. The van der Waals surface area contributed by atoms with E-state index < -0.39 is 0 Å². The van der Waals surface area contributed by atoms with Crippen LogP contribution >= 0.6 is 23.2 Å². The van der Waals surface area contributed by atoms with Crippen LogP contribution in [0.5, 0.6) is 5.75 Å². The summed E-state index contributed by atoms with van der Waals surface area (Å²) in [5.74, 6) is 0.685. The first-order chi connectivity index (χ1) is 7.69. The predicted octanol–water partition coefficient (Wildman–Crippen LogP) is 2.74. The van der Waals surface area contributed by atoms with Gasteiger partial charge in [0.05, 0.1) is 18.9 Å². The van der Waals surface area contributed by atoms with Crippen LogP contribution in [-0.2, 0) is 11.2 Å². The molecular weight excluding hydrogens is 249 g/mol. The number of hydrogen-bond donors (Lipinski definition) is 1. The molecule has 90 valence electrons. The Balaban J connectivity index is 2.69. The zero-order valence-corrected chi connectivity index (χ0v) is 10.9. The highest BCUT2D eigenvalue weighted by Crippen LogP contribution is 2.32. The minimum atomic E-state index is 0.524. The summed E-state index contributed by atoms with van der Waals surface area (Å²) in [6.07, 6.45) is 0.785. The van der Waals surface area contributed by atoms with Gasteiger partial charge in [0.1, 0.15) is 5.75 Å². The SMILES string of the molecule is COCNCCc1cc(Cl)cc(Cl)c1OC. The van der Waals surface area contributed by atoms with Crippen molar-refractivity contribution in [2.24, 2.45) is 0 Å². The minimum Gasteiger partial charge on any atom is -0.495 e. The summed E-state index contributed by atoms with van der Waals surface area (Å²) >= 11 is 12.0. The molecule has 0 aromatic heterocycles. The molecule has 16 heavy (non-hydrogen) atoms. The van der Waals surface area contributed by atoms with Crippen molar-refractivity contribution in [3.05, 3.63) is 27.7 Å². The Morgan fingerprint density at radius 3 is 2.62 bits per heavy atom. The third-order valence-electron chi connectivity index (χ3n) is 2.11. The molecule has 1 rings (SSSR count). The lowest BCUT2D eigenvalue weighted by Gasteiger charge is -2.11. The van der Waals surface area contributed by atoms with Crippen LogP contribution in [0.2, 0.25) is 10.0 Å². The van der Waals surface area contributed by atoms with Crippen molar-refractivity contribution in [1.29, 1.82) is 0 Å². The second-order valence-electron chi connectivity index (χ2n) is 3.26. The third kappa shape index (κ3) is 3.83. The molecule has 0 aliphatic rings. The van der Waals surface area contributed by atoms with Gasteiger partial charge in [-0.2, -0.15) is 0 Å². The molecule has 3 nitrogen and oxygen atoms in total. The van der Waals surface area contributed by atoms with Crippen LogP contribution in [0.25, 0.3) is 0 Å². The Kier molecular flexibility index (Phi) is 5.91. The van der Waals surface area contributed by atoms with Crippen molar-refractivity contribution in [2.45, 2.75) is 6.42 Å². The van der Waals surface area contributed by atoms with Gasteiger partial charge in [-0.05, 0) is 24.1 Å². The normalized spacial score (nSPS) is 10.5. The molecule has 0 fully saturated rings. The minimum absolute atomic E-state index is 0.524. The van der Waals surface area contributed by atoms with E-state index in [1.165, 1.54) is 0 Å². The number of ether oxygens (including phenoxy) is 2. The molecule has 0 unspecified atom stereocenters. The maximum absolute atomic E-state index is 6.02. The lowest BCUT2D eigenvalue weighted by molar-refractivity contribution is 0.176. The maximum atomic E-state index is 6.02. The molecule has 0 saturated carbocycles. The van der Waals surface area contributed by atoms with Gasteiger partial charge < -0.3 is 9.47 Å². The van der Waals surface area contributed by atoms with Crippen LogP contribution in [-0.4, -0.2) is 27.5 Å². The lowest BCUT2D eigenvalue weighted by Crippen LogP contribution is -2.19. The smallest absolute Gasteiger partial charge is 0.140 e. The highest BCUT2D eigenvalue weighted by Gasteiger charge is 2.09. The largest absolute Gasteiger partial charge is 0.495 e. The summed E-state index contributed by atoms with van der Waals surface area (Å²) in [6.45, 7) is 1.30. The molecule has 5 heteroatoms. The van der Waals surface area contributed by atoms with Crippen molar-refractivity contribution < 1.29 is 9.47 Å². The maximum Gasteiger partial charge on any atom is 0.140 e. The van der Waals surface area contributed by atoms with Gasteiger partial charge in [0.2, 0.25) is 0 Å². The van der Waals surface area contributed by atoms with Crippen LogP contribution in [0.4, 0.5) is 0 Å². The van der Waals surface area contributed by atoms with Gasteiger partial charge in [0.15, 0.2) is 0 Å². The molecule has 1 N–H and O–H groups in total. The Bertz CT molecular complexity index is 345. The van der Waals surface area contributed by atoms with E-state index in [-0.39, 0.29) is 0 Å². The fourth-order valence-corrected chi connectivity index (χ4v) is 2.04. The fraction of sp³-hybridized carbons (Fsp3) is 0.455. The fourth-order valence-electron chi connectivity index (χ4n) is 1.43. The standard InChI is InChI=1S/C11H15Cl2NO2/c1-15-7-14-4-3-8-5-9(12)6-10(13)11(8)16-2/h5-6,14H,3-4,7H2,1-2H3. The second-order valence-corrected chi connectivity index (χ2v) is 4.11. The van der Waals surface area contributed by atoms with E-state index in [0.29, 0.717) is 22.5 Å². The summed E-state index contributed by atoms with van der Waals surface area (Å²) in [4.78, 5) is 0. The highest BCUT2D eigenvalue weighted by molar-refractivity contribution is 6.35. The third-order valence-corrected chi connectivity index (χ3v) is 2.61. The number of methoxy groups -OCH3 is 2. The van der Waals surface area contributed by atoms with Gasteiger partial charge >= 0.3 is 0 Å². The van der Waals surface area contributed by atoms with Crippen LogP contribution in [0, 0.1) is 0 Å². The molecule has 0 atom stereocenters. The van der Waals surface area contributed by atoms with Gasteiger partial charge in [-0.1, -0.05) is 23.2 Å². The first kappa shape index (κ1) is 13.6. The van der Waals surface area contributed by atoms with E-state index in [9.17, 15) is 0 Å². The van der Waals surface area contributed by atoms with Crippen LogP contribution in [0.1, 0.15) is 5.56 Å². The molecule has 0 aliphatic carbocycles. The highest BCUT2D eigenvalue weighted by atomic mass is 35.5. The van der Waals surface area contributed by atoms with Gasteiger partial charge in [0, 0.05) is 18.7 Å². The predicted molar refractivity (Wildman–Crippen MR) is 66.6 cm³/mol. The molecular formula is C11H15Cl2NO2. The van der Waals surface area contributed by atoms with Crippen molar-refractivity contribution in [3.8, 4) is 5.75 Å². The number of benzene rings is 1. The van der Waals surface area contributed by atoms with Crippen LogP contribution in [0.15, 0.2) is 12.1 Å². The molecule has 0 radical (unpaired) electrons. The zero-order valence-electron chi connectivity index (χ0n) is 9.35. The molecule has 0 spiro atoms. The van der Waals surface area contributed by atoms with Gasteiger partial charge in [0.25, 0.3) is 0 Å². The summed E-state index contributed by atoms with van der Waals surface area (Å²) in [6, 6.07) is 3.54. The van der Waals surface area contributed by atoms with E-state index >= 15 is 0 Å². The van der Waals surface area contributed by atoms with E-state index in [1.54, 1.807) is 20.3 Å². The Labute approximate surface area is 106 Å². The van der Waals surface area contributed by atoms with Crippen molar-refractivity contribution >= 4 is 23.2 Å². The van der Waals surface area contributed by atoms with Gasteiger partial charge in [-0.15, -0.1) is 0 Å². The quantitative estimate of drug-likeness (QED) is 0.633. The topological polar surface area (TPSA) is 30.5 Å². The Morgan fingerprint density at radius 2 is 2.00 bits per heavy atom. The second kappa shape index (κ2) is 6.97. The molecule has 0 saturated heterocycles. The van der Waals surface area contributed by atoms with Gasteiger partial charge in [-0.3, -0.25) is 5.32 Å². The zero-order chi connectivity index (χ0) is 12.0.